The smallest absolute Gasteiger partial charge is 0.123 e. The monoisotopic (exact) mass is 262 g/mol. The van der Waals surface area contributed by atoms with E-state index in [-0.39, 0.29) is 0 Å². The first kappa shape index (κ1) is 14.4. The molecule has 1 unspecified atom stereocenters. The van der Waals surface area contributed by atoms with Crippen LogP contribution in [0.4, 0.5) is 0 Å². The summed E-state index contributed by atoms with van der Waals surface area (Å²) >= 11 is 0. The summed E-state index contributed by atoms with van der Waals surface area (Å²) in [5.74, 6) is 1.92. The maximum absolute atomic E-state index is 5.48. The van der Waals surface area contributed by atoms with Crippen LogP contribution in [0.2, 0.25) is 0 Å². The third-order valence-corrected chi connectivity index (χ3v) is 3.96. The van der Waals surface area contributed by atoms with Crippen molar-refractivity contribution in [3.05, 3.63) is 29.8 Å². The fourth-order valence-electron chi connectivity index (χ4n) is 2.56. The van der Waals surface area contributed by atoms with Gasteiger partial charge in [0.2, 0.25) is 0 Å². The highest BCUT2D eigenvalue weighted by Gasteiger charge is 2.25. The number of nitrogens with one attached hydrogen (secondary N) is 1. The molecule has 0 aliphatic heterocycles. The second-order valence-electron chi connectivity index (χ2n) is 5.38. The Morgan fingerprint density at radius 1 is 1.37 bits per heavy atom. The molecule has 0 heterocycles. The second-order valence-corrected chi connectivity index (χ2v) is 5.38. The van der Waals surface area contributed by atoms with Crippen LogP contribution in [0.15, 0.2) is 24.3 Å². The average molecular weight is 262 g/mol. The van der Waals surface area contributed by atoms with Gasteiger partial charge in [-0.25, -0.2) is 0 Å². The number of ether oxygens (including phenoxy) is 1. The third-order valence-electron chi connectivity index (χ3n) is 3.96. The van der Waals surface area contributed by atoms with Gasteiger partial charge >= 0.3 is 0 Å². The largest absolute Gasteiger partial charge is 0.496 e. The zero-order valence-electron chi connectivity index (χ0n) is 12.4. The molecule has 19 heavy (non-hydrogen) atoms. The van der Waals surface area contributed by atoms with Gasteiger partial charge in [0.25, 0.3) is 0 Å². The van der Waals surface area contributed by atoms with Gasteiger partial charge in [-0.05, 0) is 38.4 Å². The lowest BCUT2D eigenvalue weighted by molar-refractivity contribution is 0.246. The summed E-state index contributed by atoms with van der Waals surface area (Å²) in [7, 11) is 3.77. The van der Waals surface area contributed by atoms with Crippen LogP contribution in [0, 0.1) is 5.92 Å². The molecule has 106 valence electrons. The van der Waals surface area contributed by atoms with E-state index in [1.165, 1.54) is 24.9 Å². The number of para-hydroxylation sites is 1. The van der Waals surface area contributed by atoms with Crippen LogP contribution >= 0.6 is 0 Å². The molecule has 0 aromatic heterocycles. The minimum Gasteiger partial charge on any atom is -0.496 e. The second kappa shape index (κ2) is 6.92. The van der Waals surface area contributed by atoms with Gasteiger partial charge < -0.3 is 15.0 Å². The molecular formula is C16H26N2O. The van der Waals surface area contributed by atoms with Gasteiger partial charge in [-0.1, -0.05) is 25.1 Å². The molecular weight excluding hydrogens is 236 g/mol. The predicted octanol–water partition coefficient (Wildman–Crippen LogP) is 2.69. The van der Waals surface area contributed by atoms with E-state index < -0.39 is 0 Å². The molecule has 0 amide bonds. The van der Waals surface area contributed by atoms with E-state index in [9.17, 15) is 0 Å². The number of likely N-dealkylation sites (N-methyl/N-ethyl adjacent to an activating group) is 2. The highest BCUT2D eigenvalue weighted by atomic mass is 16.5. The molecule has 1 saturated carbocycles. The lowest BCUT2D eigenvalue weighted by Crippen LogP contribution is -2.35. The molecule has 1 aromatic carbocycles. The number of benzene rings is 1. The van der Waals surface area contributed by atoms with Crippen molar-refractivity contribution in [2.24, 2.45) is 5.92 Å². The van der Waals surface area contributed by atoms with Crippen molar-refractivity contribution in [3.8, 4) is 5.75 Å². The van der Waals surface area contributed by atoms with E-state index in [0.717, 1.165) is 24.8 Å². The lowest BCUT2D eigenvalue weighted by atomic mass is 10.0. The van der Waals surface area contributed by atoms with Crippen LogP contribution in [-0.4, -0.2) is 38.7 Å². The minimum absolute atomic E-state index is 0.329. The van der Waals surface area contributed by atoms with E-state index in [4.69, 9.17) is 4.74 Å². The first-order valence-electron chi connectivity index (χ1n) is 7.31. The lowest BCUT2D eigenvalue weighted by Gasteiger charge is -2.27. The molecule has 1 N–H and O–H groups in total. The molecule has 3 heteroatoms. The van der Waals surface area contributed by atoms with Crippen LogP contribution < -0.4 is 10.1 Å². The Kier molecular flexibility index (Phi) is 5.23. The van der Waals surface area contributed by atoms with Crippen LogP contribution in [0.3, 0.4) is 0 Å². The maximum atomic E-state index is 5.48. The summed E-state index contributed by atoms with van der Waals surface area (Å²) in [4.78, 5) is 2.55. The van der Waals surface area contributed by atoms with Crippen molar-refractivity contribution in [2.45, 2.75) is 25.8 Å². The summed E-state index contributed by atoms with van der Waals surface area (Å²) in [6, 6.07) is 8.63. The van der Waals surface area contributed by atoms with Crippen molar-refractivity contribution in [3.63, 3.8) is 0 Å². The van der Waals surface area contributed by atoms with Gasteiger partial charge in [0.1, 0.15) is 5.75 Å². The van der Waals surface area contributed by atoms with Crippen molar-refractivity contribution in [1.82, 2.24) is 10.2 Å². The van der Waals surface area contributed by atoms with Gasteiger partial charge in [-0.15, -0.1) is 0 Å². The Hall–Kier alpha value is -1.06. The number of rotatable bonds is 8. The standard InChI is InChI=1S/C16H26N2O/c1-4-18(11-13-9-10-13)12-15(17-2)14-7-5-6-8-16(14)19-3/h5-8,13,15,17H,4,9-12H2,1-3H3. The minimum atomic E-state index is 0.329. The molecule has 0 bridgehead atoms. The number of hydrogen-bond donors (Lipinski definition) is 1. The first-order valence-corrected chi connectivity index (χ1v) is 7.31. The SMILES string of the molecule is CCN(CC1CC1)CC(NC)c1ccccc1OC. The van der Waals surface area contributed by atoms with Gasteiger partial charge in [-0.2, -0.15) is 0 Å². The summed E-state index contributed by atoms with van der Waals surface area (Å²) in [5, 5.41) is 3.43. The summed E-state index contributed by atoms with van der Waals surface area (Å²) in [6.45, 7) is 5.65. The zero-order chi connectivity index (χ0) is 13.7. The Morgan fingerprint density at radius 2 is 2.11 bits per heavy atom. The Morgan fingerprint density at radius 3 is 2.68 bits per heavy atom. The van der Waals surface area contributed by atoms with Gasteiger partial charge in [0, 0.05) is 24.7 Å². The van der Waals surface area contributed by atoms with Crippen molar-refractivity contribution in [1.29, 1.82) is 0 Å². The Labute approximate surface area is 116 Å². The fraction of sp³-hybridized carbons (Fsp3) is 0.625. The first-order chi connectivity index (χ1) is 9.28. The van der Waals surface area contributed by atoms with E-state index >= 15 is 0 Å². The zero-order valence-corrected chi connectivity index (χ0v) is 12.4. The molecule has 1 aromatic rings. The number of methoxy groups -OCH3 is 1. The maximum Gasteiger partial charge on any atom is 0.123 e. The molecule has 0 saturated heterocycles. The fourth-order valence-corrected chi connectivity index (χ4v) is 2.56. The van der Waals surface area contributed by atoms with Gasteiger partial charge in [0.15, 0.2) is 0 Å². The van der Waals surface area contributed by atoms with Crippen LogP contribution in [0.25, 0.3) is 0 Å². The Balaban J connectivity index is 2.04. The highest BCUT2D eigenvalue weighted by Crippen LogP contribution is 2.31. The number of nitrogens with zero attached hydrogens (tertiary/aromatic N) is 1. The van der Waals surface area contributed by atoms with E-state index in [1.54, 1.807) is 7.11 Å². The summed E-state index contributed by atoms with van der Waals surface area (Å²) in [5.41, 5.74) is 1.25. The van der Waals surface area contributed by atoms with Gasteiger partial charge in [0.05, 0.1) is 7.11 Å². The van der Waals surface area contributed by atoms with E-state index in [2.05, 4.69) is 29.3 Å². The van der Waals surface area contributed by atoms with Crippen LogP contribution in [-0.2, 0) is 0 Å². The van der Waals surface area contributed by atoms with Crippen LogP contribution in [0.1, 0.15) is 31.4 Å². The molecule has 1 fully saturated rings. The highest BCUT2D eigenvalue weighted by molar-refractivity contribution is 5.36. The molecule has 0 radical (unpaired) electrons. The van der Waals surface area contributed by atoms with Crippen molar-refractivity contribution in [2.75, 3.05) is 33.8 Å². The van der Waals surface area contributed by atoms with Crippen LogP contribution in [0.5, 0.6) is 5.75 Å². The topological polar surface area (TPSA) is 24.5 Å². The van der Waals surface area contributed by atoms with Crippen molar-refractivity contribution >= 4 is 0 Å². The van der Waals surface area contributed by atoms with Gasteiger partial charge in [-0.3, -0.25) is 0 Å². The quantitative estimate of drug-likeness (QED) is 0.779. The molecule has 2 rings (SSSR count). The van der Waals surface area contributed by atoms with E-state index in [1.807, 2.05) is 19.2 Å². The third kappa shape index (κ3) is 3.95. The summed E-state index contributed by atoms with van der Waals surface area (Å²) in [6.07, 6.45) is 2.82. The molecule has 0 spiro atoms. The normalized spacial score (nSPS) is 16.6. The molecule has 1 aliphatic rings. The number of hydrogen-bond acceptors (Lipinski definition) is 3. The average Bonchev–Trinajstić information content (AvgIpc) is 3.27. The molecule has 3 nitrogen and oxygen atoms in total. The summed E-state index contributed by atoms with van der Waals surface area (Å²) < 4.78 is 5.48. The van der Waals surface area contributed by atoms with E-state index in [0.29, 0.717) is 6.04 Å². The Bertz CT molecular complexity index is 390. The molecule has 1 aliphatic carbocycles. The molecule has 1 atom stereocenters. The predicted molar refractivity (Wildman–Crippen MR) is 79.6 cm³/mol. The van der Waals surface area contributed by atoms with Crippen molar-refractivity contribution < 1.29 is 4.74 Å².